The molecule has 0 unspecified atom stereocenters. The number of carbonyl (C=O) groups excluding carboxylic acids is 1. The highest BCUT2D eigenvalue weighted by Crippen LogP contribution is 2.28. The van der Waals surface area contributed by atoms with Gasteiger partial charge in [0.1, 0.15) is 0 Å². The average molecular weight is 346 g/mol. The quantitative estimate of drug-likeness (QED) is 0.461. The summed E-state index contributed by atoms with van der Waals surface area (Å²) < 4.78 is 10.1. The summed E-state index contributed by atoms with van der Waals surface area (Å²) in [5, 5.41) is 14.7. The monoisotopic (exact) mass is 346 g/mol. The molecule has 1 fully saturated rings. The van der Waals surface area contributed by atoms with E-state index in [0.29, 0.717) is 11.5 Å². The summed E-state index contributed by atoms with van der Waals surface area (Å²) in [4.78, 5) is 29.0. The number of esters is 1. The van der Waals surface area contributed by atoms with E-state index >= 15 is 0 Å². The Labute approximate surface area is 143 Å². The number of carbonyl (C=O) groups is 1. The molecule has 1 aromatic carbocycles. The molecular weight excluding hydrogens is 328 g/mol. The van der Waals surface area contributed by atoms with Crippen LogP contribution in [0.3, 0.4) is 0 Å². The second-order valence-corrected chi connectivity index (χ2v) is 5.82. The summed E-state index contributed by atoms with van der Waals surface area (Å²) in [7, 11) is 0. The molecule has 9 heteroatoms. The van der Waals surface area contributed by atoms with Crippen LogP contribution in [0.4, 0.5) is 11.4 Å². The van der Waals surface area contributed by atoms with Crippen LogP contribution in [0, 0.1) is 17.0 Å². The van der Waals surface area contributed by atoms with Crippen LogP contribution >= 0.6 is 0 Å². The van der Waals surface area contributed by atoms with E-state index in [1.807, 2.05) is 0 Å². The predicted octanol–water partition coefficient (Wildman–Crippen LogP) is 2.63. The lowest BCUT2D eigenvalue weighted by molar-refractivity contribution is -0.384. The largest absolute Gasteiger partial charge is 0.452 e. The van der Waals surface area contributed by atoms with E-state index in [2.05, 4.69) is 15.0 Å². The summed E-state index contributed by atoms with van der Waals surface area (Å²) in [5.41, 5.74) is 0.672. The van der Waals surface area contributed by atoms with Crippen molar-refractivity contribution in [3.8, 4) is 0 Å². The molecule has 132 valence electrons. The van der Waals surface area contributed by atoms with Crippen LogP contribution in [-0.2, 0) is 11.3 Å². The van der Waals surface area contributed by atoms with Gasteiger partial charge >= 0.3 is 5.97 Å². The minimum atomic E-state index is -0.653. The second-order valence-electron chi connectivity index (χ2n) is 5.82. The number of nitrogens with zero attached hydrogens (tertiary/aromatic N) is 4. The van der Waals surface area contributed by atoms with Gasteiger partial charge in [0.15, 0.2) is 12.4 Å². The Balaban J connectivity index is 1.83. The Bertz CT molecular complexity index is 783. The zero-order valence-electron chi connectivity index (χ0n) is 13.8. The van der Waals surface area contributed by atoms with Crippen LogP contribution in [0.2, 0.25) is 0 Å². The lowest BCUT2D eigenvalue weighted by atomic mass is 10.1. The fourth-order valence-electron chi connectivity index (χ4n) is 2.82. The number of hydrogen-bond donors (Lipinski definition) is 0. The highest BCUT2D eigenvalue weighted by atomic mass is 16.6. The number of nitro groups is 1. The van der Waals surface area contributed by atoms with E-state index in [1.165, 1.54) is 12.1 Å². The third kappa shape index (κ3) is 3.93. The van der Waals surface area contributed by atoms with E-state index < -0.39 is 10.9 Å². The number of hydrogen-bond acceptors (Lipinski definition) is 8. The molecule has 2 aromatic rings. The number of benzene rings is 1. The molecule has 9 nitrogen and oxygen atoms in total. The highest BCUT2D eigenvalue weighted by Gasteiger charge is 2.23. The van der Waals surface area contributed by atoms with Crippen molar-refractivity contribution in [3.63, 3.8) is 0 Å². The SMILES string of the molecule is Cc1noc(COC(=O)c2cc([N+](=O)[O-])ccc2N2CCCCC2)n1. The molecule has 0 spiro atoms. The van der Waals surface area contributed by atoms with Crippen LogP contribution in [0.15, 0.2) is 22.7 Å². The molecule has 1 aliphatic rings. The summed E-state index contributed by atoms with van der Waals surface area (Å²) in [6.45, 7) is 3.09. The summed E-state index contributed by atoms with van der Waals surface area (Å²) in [6, 6.07) is 4.27. The molecule has 3 rings (SSSR count). The number of rotatable bonds is 5. The van der Waals surface area contributed by atoms with E-state index in [0.717, 1.165) is 32.4 Å². The summed E-state index contributed by atoms with van der Waals surface area (Å²) in [6.07, 6.45) is 3.18. The van der Waals surface area contributed by atoms with Crippen molar-refractivity contribution in [2.24, 2.45) is 0 Å². The number of aryl methyl sites for hydroxylation is 1. The Hall–Kier alpha value is -2.97. The van der Waals surface area contributed by atoms with Gasteiger partial charge in [-0.25, -0.2) is 4.79 Å². The van der Waals surface area contributed by atoms with Crippen LogP contribution in [0.1, 0.15) is 41.3 Å². The minimum absolute atomic E-state index is 0.152. The molecule has 0 N–H and O–H groups in total. The number of non-ortho nitro benzene ring substituents is 1. The first-order valence-electron chi connectivity index (χ1n) is 8.04. The highest BCUT2D eigenvalue weighted by molar-refractivity contribution is 5.96. The number of anilines is 1. The van der Waals surface area contributed by atoms with E-state index in [9.17, 15) is 14.9 Å². The van der Waals surface area contributed by atoms with Crippen LogP contribution in [0.25, 0.3) is 0 Å². The maximum Gasteiger partial charge on any atom is 0.341 e. The van der Waals surface area contributed by atoms with Crippen LogP contribution in [0.5, 0.6) is 0 Å². The molecule has 1 aliphatic heterocycles. The van der Waals surface area contributed by atoms with Gasteiger partial charge in [-0.15, -0.1) is 0 Å². The lowest BCUT2D eigenvalue weighted by Gasteiger charge is -2.30. The first-order valence-corrected chi connectivity index (χ1v) is 8.04. The average Bonchev–Trinajstić information content (AvgIpc) is 3.05. The zero-order valence-corrected chi connectivity index (χ0v) is 13.8. The van der Waals surface area contributed by atoms with Gasteiger partial charge in [-0.1, -0.05) is 5.16 Å². The fourth-order valence-corrected chi connectivity index (χ4v) is 2.82. The van der Waals surface area contributed by atoms with Gasteiger partial charge < -0.3 is 14.2 Å². The van der Waals surface area contributed by atoms with E-state index in [-0.39, 0.29) is 23.7 Å². The third-order valence-corrected chi connectivity index (χ3v) is 4.00. The Kier molecular flexibility index (Phi) is 4.92. The molecular formula is C16H18N4O5. The zero-order chi connectivity index (χ0) is 17.8. The van der Waals surface area contributed by atoms with Crippen molar-refractivity contribution in [2.45, 2.75) is 32.8 Å². The van der Waals surface area contributed by atoms with Crippen molar-refractivity contribution in [3.05, 3.63) is 45.6 Å². The van der Waals surface area contributed by atoms with Crippen LogP contribution in [-0.4, -0.2) is 34.1 Å². The van der Waals surface area contributed by atoms with Crippen LogP contribution < -0.4 is 4.90 Å². The normalized spacial score (nSPS) is 14.4. The maximum atomic E-state index is 12.5. The van der Waals surface area contributed by atoms with E-state index in [4.69, 9.17) is 9.26 Å². The van der Waals surface area contributed by atoms with Crippen molar-refractivity contribution in [1.29, 1.82) is 0 Å². The second kappa shape index (κ2) is 7.29. The Morgan fingerprint density at radius 1 is 1.36 bits per heavy atom. The number of aromatic nitrogens is 2. The molecule has 1 aromatic heterocycles. The van der Waals surface area contributed by atoms with Gasteiger partial charge in [-0.2, -0.15) is 4.98 Å². The van der Waals surface area contributed by atoms with Gasteiger partial charge in [0, 0.05) is 25.2 Å². The number of nitro benzene ring substituents is 1. The van der Waals surface area contributed by atoms with Gasteiger partial charge in [-0.3, -0.25) is 10.1 Å². The third-order valence-electron chi connectivity index (χ3n) is 4.00. The van der Waals surface area contributed by atoms with Gasteiger partial charge in [0.25, 0.3) is 11.6 Å². The van der Waals surface area contributed by atoms with Crippen molar-refractivity contribution >= 4 is 17.3 Å². The summed E-state index contributed by atoms with van der Waals surface area (Å²) in [5.74, 6) is -0.0358. The van der Waals surface area contributed by atoms with Gasteiger partial charge in [0.05, 0.1) is 16.2 Å². The standard InChI is InChI=1S/C16H18N4O5/c1-11-17-15(25-18-11)10-24-16(21)13-9-12(20(22)23)5-6-14(13)19-7-3-2-4-8-19/h5-6,9H,2-4,7-8,10H2,1H3. The maximum absolute atomic E-state index is 12.5. The molecule has 0 radical (unpaired) electrons. The van der Waals surface area contributed by atoms with Crippen molar-refractivity contribution < 1.29 is 19.0 Å². The topological polar surface area (TPSA) is 112 Å². The van der Waals surface area contributed by atoms with Crippen molar-refractivity contribution in [1.82, 2.24) is 10.1 Å². The van der Waals surface area contributed by atoms with Gasteiger partial charge in [-0.05, 0) is 32.3 Å². The Morgan fingerprint density at radius 3 is 2.76 bits per heavy atom. The number of ether oxygens (including phenoxy) is 1. The minimum Gasteiger partial charge on any atom is -0.452 e. The smallest absolute Gasteiger partial charge is 0.341 e. The number of piperidine rings is 1. The predicted molar refractivity (Wildman–Crippen MR) is 87.3 cm³/mol. The molecule has 2 heterocycles. The molecule has 0 saturated carbocycles. The molecule has 0 aliphatic carbocycles. The lowest BCUT2D eigenvalue weighted by Crippen LogP contribution is -2.31. The summed E-state index contributed by atoms with van der Waals surface area (Å²) >= 11 is 0. The van der Waals surface area contributed by atoms with Gasteiger partial charge in [0.2, 0.25) is 0 Å². The molecule has 0 amide bonds. The molecule has 0 bridgehead atoms. The first-order chi connectivity index (χ1) is 12.0. The molecule has 1 saturated heterocycles. The Morgan fingerprint density at radius 2 is 2.12 bits per heavy atom. The van der Waals surface area contributed by atoms with E-state index in [1.54, 1.807) is 13.0 Å². The first kappa shape index (κ1) is 16.9. The fraction of sp³-hybridized carbons (Fsp3) is 0.438. The molecule has 25 heavy (non-hydrogen) atoms. The molecule has 0 atom stereocenters. The van der Waals surface area contributed by atoms with Crippen molar-refractivity contribution in [2.75, 3.05) is 18.0 Å².